The van der Waals surface area contributed by atoms with E-state index in [2.05, 4.69) is 19.2 Å². The summed E-state index contributed by atoms with van der Waals surface area (Å²) in [5, 5.41) is 12.0. The number of hydrogen-bond acceptors (Lipinski definition) is 3. The monoisotopic (exact) mass is 288 g/mol. The minimum Gasteiger partial charge on any atom is -0.480 e. The Bertz CT molecular complexity index is 360. The highest BCUT2D eigenvalue weighted by Crippen LogP contribution is 2.29. The van der Waals surface area contributed by atoms with Crippen LogP contribution in [0.1, 0.15) is 40.5 Å². The van der Waals surface area contributed by atoms with Crippen LogP contribution in [0.4, 0.5) is 4.79 Å². The van der Waals surface area contributed by atoms with Crippen LogP contribution in [0.5, 0.6) is 0 Å². The van der Waals surface area contributed by atoms with E-state index in [1.165, 1.54) is 0 Å². The highest BCUT2D eigenvalue weighted by molar-refractivity contribution is 8.00. The molecular formula is C13H24N2O3S. The fourth-order valence-corrected chi connectivity index (χ4v) is 3.34. The Hall–Kier alpha value is -0.910. The summed E-state index contributed by atoms with van der Waals surface area (Å²) in [4.78, 5) is 25.3. The van der Waals surface area contributed by atoms with E-state index in [0.717, 1.165) is 5.75 Å². The van der Waals surface area contributed by atoms with Gasteiger partial charge in [-0.1, -0.05) is 13.3 Å². The maximum atomic E-state index is 12.2. The van der Waals surface area contributed by atoms with E-state index in [1.807, 2.05) is 18.7 Å². The van der Waals surface area contributed by atoms with Gasteiger partial charge in [-0.2, -0.15) is 11.8 Å². The van der Waals surface area contributed by atoms with Gasteiger partial charge in [-0.05, 0) is 27.2 Å². The Kier molecular flexibility index (Phi) is 5.12. The van der Waals surface area contributed by atoms with Gasteiger partial charge >= 0.3 is 12.0 Å². The molecule has 1 unspecified atom stereocenters. The summed E-state index contributed by atoms with van der Waals surface area (Å²) >= 11 is 1.84. The van der Waals surface area contributed by atoms with Gasteiger partial charge in [0.2, 0.25) is 0 Å². The molecule has 1 saturated heterocycles. The first-order valence-corrected chi connectivity index (χ1v) is 7.63. The number of carboxylic acids is 1. The number of nitrogens with zero attached hydrogens (tertiary/aromatic N) is 1. The SMILES string of the molecule is CCCC(C)(NC(=O)N1CCSC(C)(C)C1)C(=O)O. The predicted octanol–water partition coefficient (Wildman–Crippen LogP) is 2.17. The van der Waals surface area contributed by atoms with Gasteiger partial charge in [0.05, 0.1) is 0 Å². The Morgan fingerprint density at radius 3 is 2.58 bits per heavy atom. The number of carbonyl (C=O) groups is 2. The maximum absolute atomic E-state index is 12.2. The molecule has 2 amide bonds. The van der Waals surface area contributed by atoms with Crippen molar-refractivity contribution in [2.24, 2.45) is 0 Å². The zero-order valence-corrected chi connectivity index (χ0v) is 13.0. The number of carbonyl (C=O) groups excluding carboxylic acids is 1. The lowest BCUT2D eigenvalue weighted by Gasteiger charge is -2.39. The van der Waals surface area contributed by atoms with Gasteiger partial charge < -0.3 is 15.3 Å². The Balaban J connectivity index is 2.69. The lowest BCUT2D eigenvalue weighted by molar-refractivity contribution is -0.144. The average molecular weight is 288 g/mol. The molecule has 2 N–H and O–H groups in total. The summed E-state index contributed by atoms with van der Waals surface area (Å²) in [5.41, 5.74) is -1.18. The summed E-state index contributed by atoms with van der Waals surface area (Å²) in [5.74, 6) is -0.0915. The number of carboxylic acid groups (broad SMARTS) is 1. The second kappa shape index (κ2) is 6.03. The van der Waals surface area contributed by atoms with E-state index >= 15 is 0 Å². The molecule has 0 radical (unpaired) electrons. The van der Waals surface area contributed by atoms with Crippen molar-refractivity contribution in [2.45, 2.75) is 50.8 Å². The van der Waals surface area contributed by atoms with Gasteiger partial charge in [0.1, 0.15) is 5.54 Å². The molecule has 0 spiro atoms. The second-order valence-electron chi connectivity index (χ2n) is 5.85. The van der Waals surface area contributed by atoms with Crippen LogP contribution in [-0.2, 0) is 4.79 Å². The van der Waals surface area contributed by atoms with Gasteiger partial charge in [0.15, 0.2) is 0 Å². The molecule has 0 aromatic heterocycles. The summed E-state index contributed by atoms with van der Waals surface area (Å²) in [6.45, 7) is 8.99. The third kappa shape index (κ3) is 4.30. The van der Waals surface area contributed by atoms with Gasteiger partial charge in [0.25, 0.3) is 0 Å². The fourth-order valence-electron chi connectivity index (χ4n) is 2.23. The molecule has 1 heterocycles. The minimum atomic E-state index is -1.18. The standard InChI is InChI=1S/C13H24N2O3S/c1-5-6-13(4,10(16)17)14-11(18)15-7-8-19-12(2,3)9-15/h5-9H2,1-4H3,(H,14,18)(H,16,17). The zero-order valence-electron chi connectivity index (χ0n) is 12.2. The van der Waals surface area contributed by atoms with Crippen LogP contribution in [0, 0.1) is 0 Å². The van der Waals surface area contributed by atoms with Crippen molar-refractivity contribution in [1.82, 2.24) is 10.2 Å². The van der Waals surface area contributed by atoms with E-state index in [1.54, 1.807) is 11.8 Å². The van der Waals surface area contributed by atoms with Crippen molar-refractivity contribution in [3.8, 4) is 0 Å². The topological polar surface area (TPSA) is 69.6 Å². The lowest BCUT2D eigenvalue weighted by atomic mass is 9.96. The van der Waals surface area contributed by atoms with Crippen LogP contribution >= 0.6 is 11.8 Å². The summed E-state index contributed by atoms with van der Waals surface area (Å²) in [7, 11) is 0. The highest BCUT2D eigenvalue weighted by Gasteiger charge is 2.37. The minimum absolute atomic E-state index is 0.0277. The third-order valence-corrected chi connectivity index (χ3v) is 4.61. The average Bonchev–Trinajstić information content (AvgIpc) is 2.27. The molecule has 1 rings (SSSR count). The van der Waals surface area contributed by atoms with Crippen LogP contribution in [-0.4, -0.2) is 51.1 Å². The molecule has 1 aliphatic rings. The normalized spacial score (nSPS) is 21.6. The molecule has 5 nitrogen and oxygen atoms in total. The summed E-state index contributed by atoms with van der Waals surface area (Å²) < 4.78 is 0.0277. The van der Waals surface area contributed by atoms with E-state index in [-0.39, 0.29) is 10.8 Å². The van der Waals surface area contributed by atoms with Crippen molar-refractivity contribution in [3.63, 3.8) is 0 Å². The number of hydrogen-bond donors (Lipinski definition) is 2. The summed E-state index contributed by atoms with van der Waals surface area (Å²) in [6, 6.07) is -0.272. The lowest BCUT2D eigenvalue weighted by Crippen LogP contribution is -2.58. The molecule has 0 aromatic carbocycles. The first-order chi connectivity index (χ1) is 8.70. The molecule has 0 aliphatic carbocycles. The van der Waals surface area contributed by atoms with Gasteiger partial charge in [0, 0.05) is 23.6 Å². The van der Waals surface area contributed by atoms with E-state index < -0.39 is 11.5 Å². The van der Waals surface area contributed by atoms with Crippen molar-refractivity contribution < 1.29 is 14.7 Å². The molecule has 1 aliphatic heterocycles. The smallest absolute Gasteiger partial charge is 0.329 e. The zero-order chi connectivity index (χ0) is 14.7. The Labute approximate surface area is 119 Å². The third-order valence-electron chi connectivity index (χ3n) is 3.32. The quantitative estimate of drug-likeness (QED) is 0.832. The van der Waals surface area contributed by atoms with Crippen LogP contribution < -0.4 is 5.32 Å². The van der Waals surface area contributed by atoms with Crippen LogP contribution in [0.3, 0.4) is 0 Å². The van der Waals surface area contributed by atoms with E-state index in [0.29, 0.717) is 25.9 Å². The molecule has 0 saturated carbocycles. The molecule has 110 valence electrons. The fraction of sp³-hybridized carbons (Fsp3) is 0.846. The first-order valence-electron chi connectivity index (χ1n) is 6.64. The number of thioether (sulfide) groups is 1. The molecule has 0 aromatic rings. The predicted molar refractivity (Wildman–Crippen MR) is 77.6 cm³/mol. The Morgan fingerprint density at radius 2 is 2.11 bits per heavy atom. The molecule has 6 heteroatoms. The number of rotatable bonds is 4. The van der Waals surface area contributed by atoms with Crippen molar-refractivity contribution in [2.75, 3.05) is 18.8 Å². The molecular weight excluding hydrogens is 264 g/mol. The maximum Gasteiger partial charge on any atom is 0.329 e. The molecule has 0 bridgehead atoms. The van der Waals surface area contributed by atoms with E-state index in [4.69, 9.17) is 0 Å². The second-order valence-corrected chi connectivity index (χ2v) is 7.65. The number of amides is 2. The van der Waals surface area contributed by atoms with Gasteiger partial charge in [-0.15, -0.1) is 0 Å². The highest BCUT2D eigenvalue weighted by atomic mass is 32.2. The molecule has 1 atom stereocenters. The van der Waals surface area contributed by atoms with E-state index in [9.17, 15) is 14.7 Å². The van der Waals surface area contributed by atoms with Gasteiger partial charge in [-0.3, -0.25) is 0 Å². The largest absolute Gasteiger partial charge is 0.480 e. The Morgan fingerprint density at radius 1 is 1.47 bits per heavy atom. The molecule has 1 fully saturated rings. The van der Waals surface area contributed by atoms with Crippen LogP contribution in [0.15, 0.2) is 0 Å². The first kappa shape index (κ1) is 16.1. The number of urea groups is 1. The summed E-state index contributed by atoms with van der Waals surface area (Å²) in [6.07, 6.45) is 1.14. The van der Waals surface area contributed by atoms with Crippen molar-refractivity contribution in [3.05, 3.63) is 0 Å². The number of aliphatic carboxylic acids is 1. The van der Waals surface area contributed by atoms with Crippen molar-refractivity contribution in [1.29, 1.82) is 0 Å². The number of nitrogens with one attached hydrogen (secondary N) is 1. The molecule has 19 heavy (non-hydrogen) atoms. The van der Waals surface area contributed by atoms with Crippen LogP contribution in [0.25, 0.3) is 0 Å². The van der Waals surface area contributed by atoms with Crippen LogP contribution in [0.2, 0.25) is 0 Å². The van der Waals surface area contributed by atoms with Crippen molar-refractivity contribution >= 4 is 23.8 Å². The van der Waals surface area contributed by atoms with Gasteiger partial charge in [-0.25, -0.2) is 9.59 Å².